The van der Waals surface area contributed by atoms with E-state index in [2.05, 4.69) is 4.72 Å². The average molecular weight is 315 g/mol. The summed E-state index contributed by atoms with van der Waals surface area (Å²) in [6.45, 7) is 5.45. The number of hydrogen-bond acceptors (Lipinski definition) is 5. The minimum Gasteiger partial charge on any atom is -0.462 e. The van der Waals surface area contributed by atoms with Crippen LogP contribution in [-0.4, -0.2) is 39.3 Å². The SMILES string of the molecule is CCOC(=O)c1ccc(S(=O)(=O)NCC(C)(C)CO)cc1. The number of aliphatic hydroxyl groups is 1. The van der Waals surface area contributed by atoms with E-state index >= 15 is 0 Å². The smallest absolute Gasteiger partial charge is 0.338 e. The summed E-state index contributed by atoms with van der Waals surface area (Å²) in [4.78, 5) is 11.5. The van der Waals surface area contributed by atoms with Gasteiger partial charge in [0.1, 0.15) is 0 Å². The Balaban J connectivity index is 2.83. The van der Waals surface area contributed by atoms with Crippen molar-refractivity contribution in [3.63, 3.8) is 0 Å². The van der Waals surface area contributed by atoms with Crippen LogP contribution in [0.1, 0.15) is 31.1 Å². The molecule has 1 aromatic rings. The largest absolute Gasteiger partial charge is 0.462 e. The van der Waals surface area contributed by atoms with Crippen LogP contribution in [-0.2, 0) is 14.8 Å². The minimum absolute atomic E-state index is 0.0595. The molecule has 0 aliphatic rings. The van der Waals surface area contributed by atoms with Crippen molar-refractivity contribution in [1.29, 1.82) is 0 Å². The van der Waals surface area contributed by atoms with E-state index in [0.717, 1.165) is 0 Å². The van der Waals surface area contributed by atoms with E-state index in [0.29, 0.717) is 5.56 Å². The van der Waals surface area contributed by atoms with Crippen molar-refractivity contribution in [3.05, 3.63) is 29.8 Å². The molecule has 6 nitrogen and oxygen atoms in total. The Bertz CT molecular complexity index is 578. The number of carbonyl (C=O) groups excluding carboxylic acids is 1. The van der Waals surface area contributed by atoms with Gasteiger partial charge in [-0.15, -0.1) is 0 Å². The molecule has 0 heterocycles. The number of sulfonamides is 1. The first-order chi connectivity index (χ1) is 9.72. The van der Waals surface area contributed by atoms with Gasteiger partial charge in [-0.3, -0.25) is 0 Å². The first-order valence-corrected chi connectivity index (χ1v) is 8.08. The van der Waals surface area contributed by atoms with E-state index in [1.807, 2.05) is 0 Å². The van der Waals surface area contributed by atoms with Crippen molar-refractivity contribution in [1.82, 2.24) is 4.72 Å². The van der Waals surface area contributed by atoms with Crippen LogP contribution in [0, 0.1) is 5.41 Å². The van der Waals surface area contributed by atoms with Gasteiger partial charge in [0.25, 0.3) is 0 Å². The average Bonchev–Trinajstić information content (AvgIpc) is 2.46. The molecular formula is C14H21NO5S. The molecule has 0 fully saturated rings. The van der Waals surface area contributed by atoms with Gasteiger partial charge in [-0.2, -0.15) is 0 Å². The van der Waals surface area contributed by atoms with Gasteiger partial charge in [-0.25, -0.2) is 17.9 Å². The van der Waals surface area contributed by atoms with Gasteiger partial charge in [0.05, 0.1) is 17.1 Å². The highest BCUT2D eigenvalue weighted by atomic mass is 32.2. The normalized spacial score (nSPS) is 12.2. The Morgan fingerprint density at radius 1 is 1.29 bits per heavy atom. The van der Waals surface area contributed by atoms with Gasteiger partial charge >= 0.3 is 5.97 Å². The zero-order valence-electron chi connectivity index (χ0n) is 12.4. The quantitative estimate of drug-likeness (QED) is 0.737. The van der Waals surface area contributed by atoms with Gasteiger partial charge in [-0.1, -0.05) is 13.8 Å². The van der Waals surface area contributed by atoms with Crippen LogP contribution in [0.25, 0.3) is 0 Å². The zero-order chi connectivity index (χ0) is 16.1. The summed E-state index contributed by atoms with van der Waals surface area (Å²) in [5.41, 5.74) is -0.246. The number of esters is 1. The molecular weight excluding hydrogens is 294 g/mol. The highest BCUT2D eigenvalue weighted by Gasteiger charge is 2.21. The summed E-state index contributed by atoms with van der Waals surface area (Å²) in [6, 6.07) is 5.51. The number of carbonyl (C=O) groups is 1. The maximum atomic E-state index is 12.1. The number of aliphatic hydroxyl groups excluding tert-OH is 1. The Morgan fingerprint density at radius 2 is 1.86 bits per heavy atom. The van der Waals surface area contributed by atoms with Crippen LogP contribution in [0.2, 0.25) is 0 Å². The van der Waals surface area contributed by atoms with Crippen molar-refractivity contribution in [2.45, 2.75) is 25.7 Å². The lowest BCUT2D eigenvalue weighted by molar-refractivity contribution is 0.0526. The molecule has 0 aliphatic heterocycles. The second-order valence-corrected chi connectivity index (χ2v) is 7.16. The lowest BCUT2D eigenvalue weighted by Crippen LogP contribution is -2.36. The van der Waals surface area contributed by atoms with Crippen LogP contribution in [0.4, 0.5) is 0 Å². The summed E-state index contributed by atoms with van der Waals surface area (Å²) in [5, 5.41) is 9.12. The maximum Gasteiger partial charge on any atom is 0.338 e. The first-order valence-electron chi connectivity index (χ1n) is 6.59. The van der Waals surface area contributed by atoms with Crippen LogP contribution in [0.15, 0.2) is 29.2 Å². The molecule has 1 rings (SSSR count). The van der Waals surface area contributed by atoms with Crippen molar-refractivity contribution in [3.8, 4) is 0 Å². The highest BCUT2D eigenvalue weighted by molar-refractivity contribution is 7.89. The maximum absolute atomic E-state index is 12.1. The van der Waals surface area contributed by atoms with Crippen molar-refractivity contribution < 1.29 is 23.1 Å². The number of benzene rings is 1. The summed E-state index contributed by atoms with van der Waals surface area (Å²) in [5.74, 6) is -0.490. The van der Waals surface area contributed by atoms with Crippen LogP contribution in [0.5, 0.6) is 0 Å². The zero-order valence-corrected chi connectivity index (χ0v) is 13.2. The van der Waals surface area contributed by atoms with Crippen molar-refractivity contribution in [2.75, 3.05) is 19.8 Å². The predicted molar refractivity (Wildman–Crippen MR) is 78.5 cm³/mol. The van der Waals surface area contributed by atoms with E-state index in [1.54, 1.807) is 20.8 Å². The fourth-order valence-corrected chi connectivity index (χ4v) is 2.66. The number of ether oxygens (including phenoxy) is 1. The molecule has 0 saturated carbocycles. The lowest BCUT2D eigenvalue weighted by atomic mass is 9.96. The number of rotatable bonds is 7. The van der Waals surface area contributed by atoms with Crippen molar-refractivity contribution >= 4 is 16.0 Å². The minimum atomic E-state index is -3.67. The standard InChI is InChI=1S/C14H21NO5S/c1-4-20-13(17)11-5-7-12(8-6-11)21(18,19)15-9-14(2,3)10-16/h5-8,15-16H,4,9-10H2,1-3H3. The molecule has 2 N–H and O–H groups in total. The molecule has 1 aromatic carbocycles. The molecule has 0 aliphatic carbocycles. The summed E-state index contributed by atoms with van der Waals surface area (Å²) in [7, 11) is -3.67. The molecule has 0 unspecified atom stereocenters. The summed E-state index contributed by atoms with van der Waals surface area (Å²) < 4.78 is 31.5. The Hall–Kier alpha value is -1.44. The third kappa shape index (κ3) is 5.11. The van der Waals surface area contributed by atoms with E-state index in [9.17, 15) is 13.2 Å². The molecule has 0 radical (unpaired) electrons. The van der Waals surface area contributed by atoms with E-state index < -0.39 is 21.4 Å². The van der Waals surface area contributed by atoms with Gasteiger partial charge in [0, 0.05) is 18.6 Å². The van der Waals surface area contributed by atoms with Crippen molar-refractivity contribution in [2.24, 2.45) is 5.41 Å². The molecule has 0 aromatic heterocycles. The van der Waals surface area contributed by atoms with Crippen LogP contribution >= 0.6 is 0 Å². The summed E-state index contributed by atoms with van der Waals surface area (Å²) in [6.07, 6.45) is 0. The molecule has 0 amide bonds. The molecule has 0 atom stereocenters. The third-order valence-corrected chi connectivity index (χ3v) is 4.26. The van der Waals surface area contributed by atoms with E-state index in [-0.39, 0.29) is 24.7 Å². The Kier molecular flexibility index (Phi) is 5.88. The van der Waals surface area contributed by atoms with E-state index in [4.69, 9.17) is 9.84 Å². The fourth-order valence-electron chi connectivity index (χ4n) is 1.41. The summed E-state index contributed by atoms with van der Waals surface area (Å²) >= 11 is 0. The fraction of sp³-hybridized carbons (Fsp3) is 0.500. The van der Waals surface area contributed by atoms with E-state index in [1.165, 1.54) is 24.3 Å². The van der Waals surface area contributed by atoms with Gasteiger partial charge in [0.2, 0.25) is 10.0 Å². The first kappa shape index (κ1) is 17.6. The molecule has 0 saturated heterocycles. The Morgan fingerprint density at radius 3 is 2.33 bits per heavy atom. The van der Waals surface area contributed by atoms with Gasteiger partial charge < -0.3 is 9.84 Å². The topological polar surface area (TPSA) is 92.7 Å². The molecule has 21 heavy (non-hydrogen) atoms. The molecule has 7 heteroatoms. The second-order valence-electron chi connectivity index (χ2n) is 5.39. The monoisotopic (exact) mass is 315 g/mol. The highest BCUT2D eigenvalue weighted by Crippen LogP contribution is 2.15. The number of hydrogen-bond donors (Lipinski definition) is 2. The predicted octanol–water partition coefficient (Wildman–Crippen LogP) is 1.16. The van der Waals surface area contributed by atoms with Gasteiger partial charge in [-0.05, 0) is 31.2 Å². The van der Waals surface area contributed by atoms with Gasteiger partial charge in [0.15, 0.2) is 0 Å². The second kappa shape index (κ2) is 7.02. The molecule has 0 bridgehead atoms. The molecule has 118 valence electrons. The lowest BCUT2D eigenvalue weighted by Gasteiger charge is -2.21. The Labute approximate surface area is 125 Å². The van der Waals surface area contributed by atoms with Crippen LogP contribution in [0.3, 0.4) is 0 Å². The molecule has 0 spiro atoms. The third-order valence-electron chi connectivity index (χ3n) is 2.84. The number of nitrogens with one attached hydrogen (secondary N) is 1. The van der Waals surface area contributed by atoms with Crippen LogP contribution < -0.4 is 4.72 Å².